The highest BCUT2D eigenvalue weighted by molar-refractivity contribution is 7.15. The molecule has 2 rings (SSSR count). The van der Waals surface area contributed by atoms with Gasteiger partial charge in [-0.05, 0) is 23.0 Å². The summed E-state index contributed by atoms with van der Waals surface area (Å²) in [5, 5.41) is 17.6. The maximum absolute atomic E-state index is 12.2. The molecule has 1 amide bonds. The molecule has 0 radical (unpaired) electrons. The topological polar surface area (TPSA) is 92.2 Å². The lowest BCUT2D eigenvalue weighted by atomic mass is 9.91. The van der Waals surface area contributed by atoms with Crippen molar-refractivity contribution in [2.24, 2.45) is 0 Å². The van der Waals surface area contributed by atoms with Crippen molar-refractivity contribution in [2.45, 2.75) is 26.2 Å². The highest BCUT2D eigenvalue weighted by atomic mass is 32.1. The number of nitrogens with one attached hydrogen (secondary N) is 1. The summed E-state index contributed by atoms with van der Waals surface area (Å²) in [5.41, 5.74) is 0.386. The number of aromatic carboxylic acids is 1. The average molecular weight is 311 g/mol. The van der Waals surface area contributed by atoms with Crippen molar-refractivity contribution in [3.05, 3.63) is 27.6 Å². The van der Waals surface area contributed by atoms with Gasteiger partial charge in [-0.15, -0.1) is 16.4 Å². The van der Waals surface area contributed by atoms with Crippen LogP contribution in [0.4, 0.5) is 5.00 Å². The molecule has 2 N–H and O–H groups in total. The number of hydrogen-bond donors (Lipinski definition) is 2. The molecule has 0 spiro atoms. The second-order valence-electron chi connectivity index (χ2n) is 5.12. The van der Waals surface area contributed by atoms with Crippen LogP contribution in [0.1, 0.15) is 46.5 Å². The molecule has 0 unspecified atom stereocenters. The van der Waals surface area contributed by atoms with E-state index >= 15 is 0 Å². The summed E-state index contributed by atoms with van der Waals surface area (Å²) in [5.74, 6) is -1.45. The van der Waals surface area contributed by atoms with E-state index in [0.29, 0.717) is 15.6 Å². The fraction of sp³-hybridized carbons (Fsp3) is 0.333. The fourth-order valence-electron chi connectivity index (χ4n) is 1.56. The molecule has 0 saturated carbocycles. The smallest absolute Gasteiger partial charge is 0.338 e. The highest BCUT2D eigenvalue weighted by Crippen LogP contribution is 2.28. The monoisotopic (exact) mass is 311 g/mol. The molecule has 0 saturated heterocycles. The first kappa shape index (κ1) is 14.6. The van der Waals surface area contributed by atoms with E-state index in [9.17, 15) is 9.59 Å². The summed E-state index contributed by atoms with van der Waals surface area (Å²) in [6.45, 7) is 5.82. The third-order valence-electron chi connectivity index (χ3n) is 2.53. The number of carboxylic acid groups (broad SMARTS) is 1. The third kappa shape index (κ3) is 2.86. The zero-order chi connectivity index (χ0) is 14.9. The summed E-state index contributed by atoms with van der Waals surface area (Å²) in [7, 11) is 0. The molecular formula is C12H13N3O3S2. The van der Waals surface area contributed by atoms with Crippen molar-refractivity contribution in [3.63, 3.8) is 0 Å². The molecule has 0 atom stereocenters. The van der Waals surface area contributed by atoms with Crippen LogP contribution in [0.5, 0.6) is 0 Å². The van der Waals surface area contributed by atoms with Crippen molar-refractivity contribution >= 4 is 39.7 Å². The van der Waals surface area contributed by atoms with Crippen LogP contribution in [0.3, 0.4) is 0 Å². The minimum absolute atomic E-state index is 0.0816. The third-order valence-corrected chi connectivity index (χ3v) is 4.08. The molecular weight excluding hydrogens is 298 g/mol. The maximum Gasteiger partial charge on any atom is 0.338 e. The Hall–Kier alpha value is -1.80. The second-order valence-corrected chi connectivity index (χ2v) is 6.79. The zero-order valence-corrected chi connectivity index (χ0v) is 12.8. The quantitative estimate of drug-likeness (QED) is 0.909. The number of amides is 1. The number of carboxylic acids is 1. The van der Waals surface area contributed by atoms with Gasteiger partial charge in [0.15, 0.2) is 0 Å². The normalized spacial score (nSPS) is 11.3. The van der Waals surface area contributed by atoms with Crippen molar-refractivity contribution in [1.82, 2.24) is 9.59 Å². The van der Waals surface area contributed by atoms with Gasteiger partial charge in [-0.1, -0.05) is 25.3 Å². The zero-order valence-electron chi connectivity index (χ0n) is 11.1. The molecule has 2 aromatic heterocycles. The first-order valence-corrected chi connectivity index (χ1v) is 7.41. The van der Waals surface area contributed by atoms with Crippen LogP contribution in [-0.2, 0) is 5.41 Å². The van der Waals surface area contributed by atoms with E-state index in [0.717, 1.165) is 11.5 Å². The van der Waals surface area contributed by atoms with Gasteiger partial charge < -0.3 is 10.4 Å². The molecule has 6 nitrogen and oxygen atoms in total. The van der Waals surface area contributed by atoms with Gasteiger partial charge in [-0.25, -0.2) is 4.79 Å². The molecule has 2 aromatic rings. The lowest BCUT2D eigenvalue weighted by molar-refractivity contribution is 0.0698. The van der Waals surface area contributed by atoms with Gasteiger partial charge in [-0.2, -0.15) is 0 Å². The van der Waals surface area contributed by atoms with Gasteiger partial charge in [0.25, 0.3) is 5.91 Å². The van der Waals surface area contributed by atoms with Gasteiger partial charge in [0.2, 0.25) is 0 Å². The van der Waals surface area contributed by atoms with E-state index in [1.54, 1.807) is 5.38 Å². The van der Waals surface area contributed by atoms with Crippen LogP contribution in [0, 0.1) is 0 Å². The van der Waals surface area contributed by atoms with Crippen LogP contribution >= 0.6 is 22.9 Å². The van der Waals surface area contributed by atoms with Gasteiger partial charge in [0.05, 0.1) is 11.3 Å². The predicted octanol–water partition coefficient (Wildman–Crippen LogP) is 2.85. The highest BCUT2D eigenvalue weighted by Gasteiger charge is 2.27. The van der Waals surface area contributed by atoms with E-state index in [1.807, 2.05) is 20.8 Å². The van der Waals surface area contributed by atoms with Crippen molar-refractivity contribution in [1.29, 1.82) is 0 Å². The predicted molar refractivity (Wildman–Crippen MR) is 77.8 cm³/mol. The van der Waals surface area contributed by atoms with Crippen molar-refractivity contribution in [3.8, 4) is 0 Å². The minimum Gasteiger partial charge on any atom is -0.478 e. The van der Waals surface area contributed by atoms with Crippen LogP contribution in [-0.4, -0.2) is 26.6 Å². The standard InChI is InChI=1S/C12H13N3O3S2/c1-12(2,3)8-7(20-15-14-8)9(16)13-10-6(11(17)18)4-5-19-10/h4-5H,1-3H3,(H,13,16)(H,17,18). The molecule has 106 valence electrons. The van der Waals surface area contributed by atoms with Crippen LogP contribution in [0.2, 0.25) is 0 Å². The Morgan fingerprint density at radius 3 is 2.65 bits per heavy atom. The van der Waals surface area contributed by atoms with Crippen LogP contribution in [0.15, 0.2) is 11.4 Å². The number of nitrogens with zero attached hydrogens (tertiary/aromatic N) is 2. The van der Waals surface area contributed by atoms with Crippen molar-refractivity contribution in [2.75, 3.05) is 5.32 Å². The van der Waals surface area contributed by atoms with Crippen molar-refractivity contribution < 1.29 is 14.7 Å². The molecule has 0 aliphatic carbocycles. The Labute approximate surface area is 123 Å². The Morgan fingerprint density at radius 1 is 1.35 bits per heavy atom. The minimum atomic E-state index is -1.07. The summed E-state index contributed by atoms with van der Waals surface area (Å²) < 4.78 is 3.81. The molecule has 2 heterocycles. The Bertz CT molecular complexity index is 655. The molecule has 8 heteroatoms. The lowest BCUT2D eigenvalue weighted by Crippen LogP contribution is -2.20. The summed E-state index contributed by atoms with van der Waals surface area (Å²) >= 11 is 2.17. The van der Waals surface area contributed by atoms with Gasteiger partial charge in [0, 0.05) is 5.41 Å². The fourth-order valence-corrected chi connectivity index (χ4v) is 3.11. The molecule has 0 bridgehead atoms. The van der Waals surface area contributed by atoms with E-state index in [2.05, 4.69) is 14.9 Å². The Balaban J connectivity index is 2.28. The summed E-state index contributed by atoms with van der Waals surface area (Å²) in [6.07, 6.45) is 0. The van der Waals surface area contributed by atoms with E-state index < -0.39 is 5.97 Å². The number of rotatable bonds is 3. The molecule has 20 heavy (non-hydrogen) atoms. The average Bonchev–Trinajstić information content (AvgIpc) is 2.95. The first-order valence-electron chi connectivity index (χ1n) is 5.75. The number of carbonyl (C=O) groups is 2. The number of thiophene rings is 1. The van der Waals surface area contributed by atoms with Gasteiger partial charge in [0.1, 0.15) is 9.88 Å². The number of carbonyl (C=O) groups excluding carboxylic acids is 1. The summed E-state index contributed by atoms with van der Waals surface area (Å²) in [4.78, 5) is 23.7. The second kappa shape index (κ2) is 5.29. The van der Waals surface area contributed by atoms with E-state index in [1.165, 1.54) is 17.4 Å². The molecule has 0 aromatic carbocycles. The Kier molecular flexibility index (Phi) is 3.87. The van der Waals surface area contributed by atoms with E-state index in [-0.39, 0.29) is 16.9 Å². The molecule has 0 aliphatic rings. The van der Waals surface area contributed by atoms with Gasteiger partial charge in [-0.3, -0.25) is 4.79 Å². The largest absolute Gasteiger partial charge is 0.478 e. The van der Waals surface area contributed by atoms with E-state index in [4.69, 9.17) is 5.11 Å². The van der Waals surface area contributed by atoms with Crippen LogP contribution < -0.4 is 5.32 Å². The summed E-state index contributed by atoms with van der Waals surface area (Å²) in [6, 6.07) is 1.46. The van der Waals surface area contributed by atoms with Crippen LogP contribution in [0.25, 0.3) is 0 Å². The van der Waals surface area contributed by atoms with Gasteiger partial charge >= 0.3 is 5.97 Å². The molecule has 0 fully saturated rings. The SMILES string of the molecule is CC(C)(C)c1nnsc1C(=O)Nc1sccc1C(=O)O. The molecule has 0 aliphatic heterocycles. The lowest BCUT2D eigenvalue weighted by Gasteiger charge is -2.16. The number of anilines is 1. The first-order chi connectivity index (χ1) is 9.30. The number of aromatic nitrogens is 2. The number of hydrogen-bond acceptors (Lipinski definition) is 6. The Morgan fingerprint density at radius 2 is 2.05 bits per heavy atom. The maximum atomic E-state index is 12.2.